The van der Waals surface area contributed by atoms with Crippen LogP contribution in [-0.4, -0.2) is 15.0 Å². The van der Waals surface area contributed by atoms with Gasteiger partial charge in [0.05, 0.1) is 0 Å². The molecular weight excluding hydrogens is 635 g/mol. The largest absolute Gasteiger partial charge is 0.456 e. The molecule has 7 aromatic rings. The van der Waals surface area contributed by atoms with Crippen LogP contribution in [0.3, 0.4) is 0 Å². The second kappa shape index (κ2) is 12.6. The van der Waals surface area contributed by atoms with Crippen LogP contribution in [0, 0.1) is 0 Å². The van der Waals surface area contributed by atoms with Crippen LogP contribution < -0.4 is 0 Å². The predicted molar refractivity (Wildman–Crippen MR) is 214 cm³/mol. The van der Waals surface area contributed by atoms with Crippen molar-refractivity contribution >= 4 is 21.9 Å². The highest BCUT2D eigenvalue weighted by Crippen LogP contribution is 2.49. The number of fused-ring (bicyclic) bond motifs is 6. The average Bonchev–Trinajstić information content (AvgIpc) is 3.68. The molecule has 0 saturated heterocycles. The van der Waals surface area contributed by atoms with Gasteiger partial charge in [-0.25, -0.2) is 15.0 Å². The summed E-state index contributed by atoms with van der Waals surface area (Å²) in [6, 6.07) is 38.3. The molecule has 2 aliphatic carbocycles. The van der Waals surface area contributed by atoms with Crippen molar-refractivity contribution in [2.24, 2.45) is 0 Å². The van der Waals surface area contributed by atoms with Crippen LogP contribution in [0.4, 0.5) is 0 Å². The van der Waals surface area contributed by atoms with E-state index in [1.165, 1.54) is 39.0 Å². The van der Waals surface area contributed by atoms with Crippen molar-refractivity contribution in [3.05, 3.63) is 173 Å². The molecule has 4 heteroatoms. The highest BCUT2D eigenvalue weighted by molar-refractivity contribution is 6.12. The molecule has 1 unspecified atom stereocenters. The summed E-state index contributed by atoms with van der Waals surface area (Å²) in [6.07, 6.45) is 14.2. The number of hydrogen-bond donors (Lipinski definition) is 0. The summed E-state index contributed by atoms with van der Waals surface area (Å²) in [5.41, 5.74) is 13.4. The van der Waals surface area contributed by atoms with Gasteiger partial charge in [-0.15, -0.1) is 0 Å². The highest BCUT2D eigenvalue weighted by atomic mass is 16.3. The summed E-state index contributed by atoms with van der Waals surface area (Å²) in [6.45, 7) is 8.82. The number of aromatic nitrogens is 3. The molecule has 5 aromatic carbocycles. The van der Waals surface area contributed by atoms with Crippen LogP contribution in [0.1, 0.15) is 56.7 Å². The molecular formula is C48H39N3O. The molecule has 2 heterocycles. The fourth-order valence-electron chi connectivity index (χ4n) is 7.96. The molecule has 1 atom stereocenters. The van der Waals surface area contributed by atoms with Crippen molar-refractivity contribution in [2.75, 3.05) is 0 Å². The van der Waals surface area contributed by atoms with Gasteiger partial charge < -0.3 is 4.42 Å². The van der Waals surface area contributed by atoms with E-state index >= 15 is 0 Å². The van der Waals surface area contributed by atoms with Gasteiger partial charge in [-0.2, -0.15) is 0 Å². The minimum atomic E-state index is -0.0744. The predicted octanol–water partition coefficient (Wildman–Crippen LogP) is 12.6. The Balaban J connectivity index is 1.18. The second-order valence-corrected chi connectivity index (χ2v) is 14.4. The number of furan rings is 1. The van der Waals surface area contributed by atoms with Crippen LogP contribution >= 0.6 is 0 Å². The van der Waals surface area contributed by atoms with Crippen molar-refractivity contribution in [1.29, 1.82) is 0 Å². The van der Waals surface area contributed by atoms with E-state index < -0.39 is 0 Å². The van der Waals surface area contributed by atoms with Gasteiger partial charge >= 0.3 is 0 Å². The van der Waals surface area contributed by atoms with Gasteiger partial charge in [-0.3, -0.25) is 0 Å². The Labute approximate surface area is 304 Å². The Morgan fingerprint density at radius 2 is 1.46 bits per heavy atom. The molecule has 252 valence electrons. The molecule has 0 N–H and O–H groups in total. The summed E-state index contributed by atoms with van der Waals surface area (Å²) in [5.74, 6) is 2.19. The molecule has 0 saturated carbocycles. The van der Waals surface area contributed by atoms with Gasteiger partial charge in [-0.05, 0) is 83.5 Å². The third-order valence-electron chi connectivity index (χ3n) is 10.8. The monoisotopic (exact) mass is 673 g/mol. The lowest BCUT2D eigenvalue weighted by Crippen LogP contribution is -2.14. The molecule has 0 radical (unpaired) electrons. The molecule has 0 aliphatic heterocycles. The Morgan fingerprint density at radius 1 is 0.712 bits per heavy atom. The molecule has 0 amide bonds. The van der Waals surface area contributed by atoms with E-state index in [2.05, 4.69) is 136 Å². The third-order valence-corrected chi connectivity index (χ3v) is 10.8. The van der Waals surface area contributed by atoms with Gasteiger partial charge in [0.15, 0.2) is 17.5 Å². The maximum absolute atomic E-state index is 6.46. The minimum Gasteiger partial charge on any atom is -0.456 e. The molecule has 52 heavy (non-hydrogen) atoms. The Bertz CT molecular complexity index is 2650. The van der Waals surface area contributed by atoms with E-state index in [0.29, 0.717) is 17.5 Å². The number of rotatable bonds is 6. The highest BCUT2D eigenvalue weighted by Gasteiger charge is 2.35. The zero-order valence-electron chi connectivity index (χ0n) is 29.9. The lowest BCUT2D eigenvalue weighted by Gasteiger charge is -2.21. The SMILES string of the molecule is C/C=C\C=C(/C)C1=CCC(c2ccc3oc4cccc(-c5nc(-c6ccccc6)nc(-c6ccc7c(c6)-c6ccccc6C7(C)C)n5)c4c3c2)C=C1. The van der Waals surface area contributed by atoms with E-state index in [1.807, 2.05) is 37.3 Å². The molecule has 0 fully saturated rings. The van der Waals surface area contributed by atoms with Crippen LogP contribution in [0.15, 0.2) is 161 Å². The summed E-state index contributed by atoms with van der Waals surface area (Å²) < 4.78 is 6.46. The van der Waals surface area contributed by atoms with E-state index in [9.17, 15) is 0 Å². The third kappa shape index (κ3) is 5.34. The summed E-state index contributed by atoms with van der Waals surface area (Å²) in [4.78, 5) is 15.4. The van der Waals surface area contributed by atoms with E-state index in [-0.39, 0.29) is 11.3 Å². The van der Waals surface area contributed by atoms with E-state index in [1.54, 1.807) is 0 Å². The topological polar surface area (TPSA) is 51.8 Å². The van der Waals surface area contributed by atoms with Gasteiger partial charge in [0, 0.05) is 38.8 Å². The first-order chi connectivity index (χ1) is 25.4. The van der Waals surface area contributed by atoms with Gasteiger partial charge in [0.1, 0.15) is 11.2 Å². The van der Waals surface area contributed by atoms with Gasteiger partial charge in [-0.1, -0.05) is 135 Å². The van der Waals surface area contributed by atoms with Crippen molar-refractivity contribution in [3.8, 4) is 45.3 Å². The first kappa shape index (κ1) is 31.8. The average molecular weight is 674 g/mol. The van der Waals surface area contributed by atoms with Crippen LogP contribution in [0.2, 0.25) is 0 Å². The number of benzene rings is 5. The minimum absolute atomic E-state index is 0.0744. The Morgan fingerprint density at radius 3 is 2.27 bits per heavy atom. The first-order valence-electron chi connectivity index (χ1n) is 18.1. The zero-order chi connectivity index (χ0) is 35.4. The fourth-order valence-corrected chi connectivity index (χ4v) is 7.96. The Hall–Kier alpha value is -6.13. The van der Waals surface area contributed by atoms with Crippen molar-refractivity contribution in [1.82, 2.24) is 15.0 Å². The van der Waals surface area contributed by atoms with E-state index in [4.69, 9.17) is 19.4 Å². The van der Waals surface area contributed by atoms with Crippen molar-refractivity contribution in [2.45, 2.75) is 45.4 Å². The standard InChI is InChI=1S/C48H39N3O/c1-5-6-13-30(2)31-20-22-32(23-21-31)34-25-27-42-39(28-34)44-37(17-12-19-43(44)52-42)47-50-45(33-14-8-7-9-15-33)49-46(51-47)35-24-26-41-38(29-35)36-16-10-11-18-40(36)48(41,3)4/h5-22,24-29,32H,23H2,1-4H3/b6-5-,30-13+. The summed E-state index contributed by atoms with van der Waals surface area (Å²) >= 11 is 0. The smallest absolute Gasteiger partial charge is 0.164 e. The normalized spacial score (nSPS) is 16.4. The molecule has 9 rings (SSSR count). The Kier molecular flexibility index (Phi) is 7.70. The van der Waals surface area contributed by atoms with Crippen LogP contribution in [0.5, 0.6) is 0 Å². The maximum Gasteiger partial charge on any atom is 0.164 e. The molecule has 0 spiro atoms. The van der Waals surface area contributed by atoms with Crippen molar-refractivity contribution in [3.63, 3.8) is 0 Å². The molecule has 2 aliphatic rings. The maximum atomic E-state index is 6.46. The molecule has 4 nitrogen and oxygen atoms in total. The zero-order valence-corrected chi connectivity index (χ0v) is 29.9. The molecule has 2 aromatic heterocycles. The lowest BCUT2D eigenvalue weighted by atomic mass is 9.82. The van der Waals surface area contributed by atoms with Gasteiger partial charge in [0.2, 0.25) is 0 Å². The van der Waals surface area contributed by atoms with Crippen molar-refractivity contribution < 1.29 is 4.42 Å². The number of allylic oxidation sites excluding steroid dienone is 8. The van der Waals surface area contributed by atoms with E-state index in [0.717, 1.165) is 45.0 Å². The first-order valence-corrected chi connectivity index (χ1v) is 18.1. The summed E-state index contributed by atoms with van der Waals surface area (Å²) in [5, 5.41) is 2.08. The fraction of sp³-hybridized carbons (Fsp3) is 0.146. The summed E-state index contributed by atoms with van der Waals surface area (Å²) in [7, 11) is 0. The lowest BCUT2D eigenvalue weighted by molar-refractivity contribution is 0.660. The quantitative estimate of drug-likeness (QED) is 0.165. The molecule has 0 bridgehead atoms. The second-order valence-electron chi connectivity index (χ2n) is 14.4. The number of hydrogen-bond acceptors (Lipinski definition) is 4. The van der Waals surface area contributed by atoms with Gasteiger partial charge in [0.25, 0.3) is 0 Å². The van der Waals surface area contributed by atoms with Crippen LogP contribution in [0.25, 0.3) is 67.2 Å². The van der Waals surface area contributed by atoms with Crippen LogP contribution in [-0.2, 0) is 5.41 Å². The number of nitrogens with zero attached hydrogens (tertiary/aromatic N) is 3.